The predicted octanol–water partition coefficient (Wildman–Crippen LogP) is 6.31. The van der Waals surface area contributed by atoms with E-state index in [1.807, 2.05) is 13.8 Å². The fraction of sp³-hybridized carbons (Fsp3) is 0.391. The Kier molecular flexibility index (Phi) is 7.22. The molecule has 0 aliphatic carbocycles. The monoisotopic (exact) mass is 478 g/mol. The molecule has 0 spiro atoms. The van der Waals surface area contributed by atoms with Crippen LogP contribution in [0.4, 0.5) is 21.0 Å². The molecule has 0 saturated carbocycles. The van der Waals surface area contributed by atoms with E-state index in [-0.39, 0.29) is 6.03 Å². The molecule has 0 bridgehead atoms. The Morgan fingerprint density at radius 2 is 1.62 bits per heavy atom. The van der Waals surface area contributed by atoms with Crippen molar-refractivity contribution in [3.8, 4) is 0 Å². The van der Waals surface area contributed by atoms with Gasteiger partial charge in [0, 0.05) is 28.0 Å². The summed E-state index contributed by atoms with van der Waals surface area (Å²) in [7, 11) is 0. The molecule has 2 N–H and O–H groups in total. The quantitative estimate of drug-likeness (QED) is 0.377. The van der Waals surface area contributed by atoms with Gasteiger partial charge in [-0.25, -0.2) is 9.59 Å². The van der Waals surface area contributed by atoms with E-state index in [1.165, 1.54) is 4.90 Å². The molecule has 7 nitrogen and oxygen atoms in total. The Morgan fingerprint density at radius 3 is 2.16 bits per heavy atom. The van der Waals surface area contributed by atoms with Crippen molar-refractivity contribution in [1.29, 1.82) is 0 Å². The number of carbonyl (C=O) groups is 2. The molecule has 2 aromatic carbocycles. The normalized spacial score (nSPS) is 17.8. The van der Waals surface area contributed by atoms with E-state index >= 15 is 0 Å². The second-order valence-corrected chi connectivity index (χ2v) is 9.64. The van der Waals surface area contributed by atoms with Gasteiger partial charge in [-0.15, -0.1) is 0 Å². The molecule has 172 valence electrons. The van der Waals surface area contributed by atoms with Gasteiger partial charge in [0.15, 0.2) is 6.17 Å². The van der Waals surface area contributed by atoms with Gasteiger partial charge in [-0.3, -0.25) is 10.1 Å². The number of nitrogens with zero attached hydrogens (tertiary/aromatic N) is 3. The van der Waals surface area contributed by atoms with E-state index < -0.39 is 17.7 Å². The minimum atomic E-state index is -0.976. The number of benzene rings is 2. The van der Waals surface area contributed by atoms with Gasteiger partial charge < -0.3 is 10.2 Å². The van der Waals surface area contributed by atoms with Crippen molar-refractivity contribution in [2.75, 3.05) is 16.8 Å². The molecule has 0 radical (unpaired) electrons. The van der Waals surface area contributed by atoms with Crippen molar-refractivity contribution in [1.82, 2.24) is 9.96 Å². The maximum Gasteiger partial charge on any atom is 0.347 e. The van der Waals surface area contributed by atoms with E-state index in [0.29, 0.717) is 38.9 Å². The van der Waals surface area contributed by atoms with E-state index in [4.69, 9.17) is 23.2 Å². The van der Waals surface area contributed by atoms with Crippen molar-refractivity contribution >= 4 is 46.6 Å². The van der Waals surface area contributed by atoms with E-state index in [2.05, 4.69) is 19.2 Å². The SMILES string of the molecule is CC(C)CCN1C(=O)N(c2ccc(Cl)cc2)[C@@H](N(O)C(=O)Nc2ccc(Cl)cc2)C1(C)C. The van der Waals surface area contributed by atoms with Gasteiger partial charge in [-0.05, 0) is 74.7 Å². The van der Waals surface area contributed by atoms with Gasteiger partial charge >= 0.3 is 12.1 Å². The van der Waals surface area contributed by atoms with Crippen LogP contribution in [0.2, 0.25) is 10.0 Å². The molecule has 1 heterocycles. The molecule has 1 saturated heterocycles. The molecule has 2 aromatic rings. The Balaban J connectivity index is 1.95. The number of hydrogen-bond acceptors (Lipinski definition) is 3. The highest BCUT2D eigenvalue weighted by Crippen LogP contribution is 2.38. The highest BCUT2D eigenvalue weighted by molar-refractivity contribution is 6.31. The first-order valence-corrected chi connectivity index (χ1v) is 11.2. The smallest absolute Gasteiger partial charge is 0.315 e. The number of halogens is 2. The topological polar surface area (TPSA) is 76.1 Å². The van der Waals surface area contributed by atoms with Crippen molar-refractivity contribution in [2.24, 2.45) is 5.92 Å². The maximum absolute atomic E-state index is 13.5. The Labute approximate surface area is 198 Å². The zero-order chi connectivity index (χ0) is 23.6. The standard InChI is InChI=1S/C23H28Cl2N4O3/c1-15(2)13-14-27-22(31)28(19-11-7-17(25)8-12-19)20(23(27,3)4)29(32)21(30)26-18-9-5-16(24)6-10-18/h5-12,15,20,32H,13-14H2,1-4H3,(H,26,30)/t20-/m0/s1. The molecule has 1 aliphatic rings. The first-order chi connectivity index (χ1) is 15.0. The van der Waals surface area contributed by atoms with Crippen molar-refractivity contribution in [2.45, 2.75) is 45.8 Å². The zero-order valence-corrected chi connectivity index (χ0v) is 20.1. The highest BCUT2D eigenvalue weighted by atomic mass is 35.5. The lowest BCUT2D eigenvalue weighted by Gasteiger charge is -2.38. The molecule has 3 rings (SSSR count). The Morgan fingerprint density at radius 1 is 1.09 bits per heavy atom. The fourth-order valence-electron chi connectivity index (χ4n) is 3.79. The number of urea groups is 2. The molecular weight excluding hydrogens is 451 g/mol. The summed E-state index contributed by atoms with van der Waals surface area (Å²) in [6.45, 7) is 8.34. The van der Waals surface area contributed by atoms with Crippen LogP contribution >= 0.6 is 23.2 Å². The summed E-state index contributed by atoms with van der Waals surface area (Å²) in [6, 6.07) is 12.2. The van der Waals surface area contributed by atoms with E-state index in [1.54, 1.807) is 53.4 Å². The average Bonchev–Trinajstić information content (AvgIpc) is 2.93. The number of hydrogen-bond donors (Lipinski definition) is 2. The summed E-state index contributed by atoms with van der Waals surface area (Å²) >= 11 is 11.9. The highest BCUT2D eigenvalue weighted by Gasteiger charge is 2.55. The minimum Gasteiger partial charge on any atom is -0.315 e. The number of nitrogens with one attached hydrogen (secondary N) is 1. The second kappa shape index (κ2) is 9.57. The minimum absolute atomic E-state index is 0.290. The summed E-state index contributed by atoms with van der Waals surface area (Å²) in [5, 5.41) is 15.3. The maximum atomic E-state index is 13.5. The summed E-state index contributed by atoms with van der Waals surface area (Å²) in [6.07, 6.45) is -0.186. The van der Waals surface area contributed by atoms with Crippen LogP contribution in [0.5, 0.6) is 0 Å². The van der Waals surface area contributed by atoms with Crippen molar-refractivity contribution < 1.29 is 14.8 Å². The molecule has 9 heteroatoms. The molecular formula is C23H28Cl2N4O3. The third kappa shape index (κ3) is 4.95. The molecule has 32 heavy (non-hydrogen) atoms. The van der Waals surface area contributed by atoms with Gasteiger partial charge in [0.1, 0.15) is 0 Å². The third-order valence-electron chi connectivity index (χ3n) is 5.58. The summed E-state index contributed by atoms with van der Waals surface area (Å²) in [5.41, 5.74) is 0.121. The number of rotatable bonds is 6. The van der Waals surface area contributed by atoms with Gasteiger partial charge in [0.05, 0.1) is 5.54 Å². The number of amides is 4. The lowest BCUT2D eigenvalue weighted by molar-refractivity contribution is -0.0950. The van der Waals surface area contributed by atoms with Crippen LogP contribution in [-0.2, 0) is 0 Å². The lowest BCUT2D eigenvalue weighted by Crippen LogP contribution is -2.58. The molecule has 1 fully saturated rings. The second-order valence-electron chi connectivity index (χ2n) is 8.77. The predicted molar refractivity (Wildman–Crippen MR) is 127 cm³/mol. The molecule has 4 amide bonds. The third-order valence-corrected chi connectivity index (χ3v) is 6.08. The van der Waals surface area contributed by atoms with E-state index in [0.717, 1.165) is 6.42 Å². The summed E-state index contributed by atoms with van der Waals surface area (Å²) in [5.74, 6) is 0.389. The first-order valence-electron chi connectivity index (χ1n) is 10.4. The van der Waals surface area contributed by atoms with Crippen LogP contribution in [0.1, 0.15) is 34.1 Å². The Bertz CT molecular complexity index is 964. The average molecular weight is 479 g/mol. The molecule has 0 unspecified atom stereocenters. The number of anilines is 2. The van der Waals surface area contributed by atoms with Crippen LogP contribution < -0.4 is 10.2 Å². The number of carbonyl (C=O) groups excluding carboxylic acids is 2. The summed E-state index contributed by atoms with van der Waals surface area (Å²) < 4.78 is 0. The van der Waals surface area contributed by atoms with E-state index in [9.17, 15) is 14.8 Å². The van der Waals surface area contributed by atoms with Crippen LogP contribution in [0.3, 0.4) is 0 Å². The number of hydroxylamine groups is 2. The van der Waals surface area contributed by atoms with Gasteiger partial charge in [0.25, 0.3) is 0 Å². The molecule has 1 atom stereocenters. The van der Waals surface area contributed by atoms with Gasteiger partial charge in [0.2, 0.25) is 0 Å². The van der Waals surface area contributed by atoms with Crippen LogP contribution in [0.25, 0.3) is 0 Å². The molecule has 0 aromatic heterocycles. The fourth-order valence-corrected chi connectivity index (χ4v) is 4.05. The van der Waals surface area contributed by atoms with Crippen LogP contribution in [-0.4, -0.2) is 45.5 Å². The van der Waals surface area contributed by atoms with Crippen LogP contribution in [0.15, 0.2) is 48.5 Å². The first kappa shape index (κ1) is 24.2. The lowest BCUT2D eigenvalue weighted by atomic mass is 9.98. The van der Waals surface area contributed by atoms with Crippen LogP contribution in [0, 0.1) is 5.92 Å². The zero-order valence-electron chi connectivity index (χ0n) is 18.5. The molecule has 1 aliphatic heterocycles. The van der Waals surface area contributed by atoms with Crippen molar-refractivity contribution in [3.63, 3.8) is 0 Å². The summed E-state index contributed by atoms with van der Waals surface area (Å²) in [4.78, 5) is 29.6. The Hall–Kier alpha value is -2.48. The largest absolute Gasteiger partial charge is 0.347 e. The van der Waals surface area contributed by atoms with Gasteiger partial charge in [-0.1, -0.05) is 37.0 Å². The van der Waals surface area contributed by atoms with Crippen molar-refractivity contribution in [3.05, 3.63) is 58.6 Å². The van der Waals surface area contributed by atoms with Gasteiger partial charge in [-0.2, -0.15) is 5.06 Å².